The second-order valence-corrected chi connectivity index (χ2v) is 9.72. The number of hydrogen-bond donors (Lipinski definition) is 1. The molecule has 0 spiro atoms. The maximum Gasteiger partial charge on any atom is 0.282 e. The monoisotopic (exact) mass is 444 g/mol. The predicted molar refractivity (Wildman–Crippen MR) is 118 cm³/mol. The molecule has 31 heavy (non-hydrogen) atoms. The zero-order valence-corrected chi connectivity index (χ0v) is 18.3. The van der Waals surface area contributed by atoms with Crippen LogP contribution in [0.5, 0.6) is 0 Å². The topological polar surface area (TPSA) is 98.7 Å². The maximum atomic E-state index is 13.0. The molecule has 2 fully saturated rings. The van der Waals surface area contributed by atoms with E-state index in [1.165, 1.54) is 4.31 Å². The van der Waals surface area contributed by atoms with Gasteiger partial charge in [-0.3, -0.25) is 4.79 Å². The van der Waals surface area contributed by atoms with E-state index in [1.807, 2.05) is 6.07 Å². The van der Waals surface area contributed by atoms with Gasteiger partial charge in [-0.15, -0.1) is 0 Å². The highest BCUT2D eigenvalue weighted by Crippen LogP contribution is 2.20. The molecule has 1 aromatic heterocycles. The summed E-state index contributed by atoms with van der Waals surface area (Å²) in [5.41, 5.74) is 1.27. The van der Waals surface area contributed by atoms with Crippen molar-refractivity contribution in [3.8, 4) is 0 Å². The number of aromatic nitrogens is 2. The van der Waals surface area contributed by atoms with Crippen molar-refractivity contribution in [2.45, 2.75) is 25.7 Å². The Morgan fingerprint density at radius 1 is 0.839 bits per heavy atom. The minimum absolute atomic E-state index is 0.107. The second-order valence-electron chi connectivity index (χ2n) is 7.79. The third-order valence-electron chi connectivity index (χ3n) is 5.67. The van der Waals surface area contributed by atoms with Gasteiger partial charge in [-0.05, 0) is 37.1 Å². The number of carbonyl (C=O) groups is 1. The summed E-state index contributed by atoms with van der Waals surface area (Å²) in [5.74, 6) is 0.351. The third-order valence-corrected chi connectivity index (χ3v) is 7.71. The molecule has 0 radical (unpaired) electrons. The van der Waals surface area contributed by atoms with Crippen molar-refractivity contribution in [2.75, 3.05) is 44.6 Å². The van der Waals surface area contributed by atoms with Gasteiger partial charge in [0.25, 0.3) is 16.1 Å². The van der Waals surface area contributed by atoms with Gasteiger partial charge in [0.2, 0.25) is 5.95 Å². The molecule has 1 aromatic carbocycles. The largest absolute Gasteiger partial charge is 0.336 e. The molecule has 3 heterocycles. The number of nitrogens with zero attached hydrogens (tertiary/aromatic N) is 5. The lowest BCUT2D eigenvalue weighted by molar-refractivity contribution is 0.0694. The number of rotatable bonds is 5. The lowest BCUT2D eigenvalue weighted by Crippen LogP contribution is -2.54. The van der Waals surface area contributed by atoms with Gasteiger partial charge in [0, 0.05) is 62.9 Å². The fourth-order valence-corrected chi connectivity index (χ4v) is 5.63. The summed E-state index contributed by atoms with van der Waals surface area (Å²) in [6, 6.07) is 8.91. The zero-order valence-electron chi connectivity index (χ0n) is 17.5. The van der Waals surface area contributed by atoms with Crippen LogP contribution >= 0.6 is 0 Å². The van der Waals surface area contributed by atoms with Gasteiger partial charge >= 0.3 is 0 Å². The summed E-state index contributed by atoms with van der Waals surface area (Å²) in [7, 11) is -3.46. The Hall–Kier alpha value is -2.56. The van der Waals surface area contributed by atoms with Gasteiger partial charge < -0.3 is 10.2 Å². The van der Waals surface area contributed by atoms with Crippen molar-refractivity contribution < 1.29 is 13.2 Å². The molecule has 1 N–H and O–H groups in total. The zero-order chi connectivity index (χ0) is 21.7. The standard InChI is InChI=1S/C21H28N6O3S/c28-20(18-7-5-8-19(17-18)24-21-22-9-6-10-23-21)25-13-15-27(16-14-25)31(29,30)26-11-3-1-2-4-12-26/h5-10,17H,1-4,11-16H2,(H,22,23,24). The molecule has 10 heteroatoms. The summed E-state index contributed by atoms with van der Waals surface area (Å²) >= 11 is 0. The fourth-order valence-electron chi connectivity index (χ4n) is 3.96. The molecule has 0 bridgehead atoms. The molecule has 2 aliphatic heterocycles. The van der Waals surface area contributed by atoms with Gasteiger partial charge in [-0.2, -0.15) is 17.0 Å². The number of amides is 1. The van der Waals surface area contributed by atoms with Crippen molar-refractivity contribution in [1.82, 2.24) is 23.5 Å². The first-order valence-corrected chi connectivity index (χ1v) is 12.1. The number of anilines is 2. The van der Waals surface area contributed by atoms with Gasteiger partial charge in [-0.25, -0.2) is 9.97 Å². The predicted octanol–water partition coefficient (Wildman–Crippen LogP) is 2.10. The van der Waals surface area contributed by atoms with Gasteiger partial charge in [-0.1, -0.05) is 18.9 Å². The molecule has 2 aliphatic rings. The van der Waals surface area contributed by atoms with Crippen LogP contribution in [0.2, 0.25) is 0 Å². The highest BCUT2D eigenvalue weighted by molar-refractivity contribution is 7.86. The third kappa shape index (κ3) is 5.20. The molecule has 2 aromatic rings. The SMILES string of the molecule is O=C(c1cccc(Nc2ncccn2)c1)N1CCN(S(=O)(=O)N2CCCCCC2)CC1. The van der Waals surface area contributed by atoms with Crippen LogP contribution in [0.25, 0.3) is 0 Å². The van der Waals surface area contributed by atoms with Gasteiger partial charge in [0.15, 0.2) is 0 Å². The van der Waals surface area contributed by atoms with Crippen LogP contribution in [-0.2, 0) is 10.2 Å². The van der Waals surface area contributed by atoms with Crippen molar-refractivity contribution in [2.24, 2.45) is 0 Å². The molecule has 2 saturated heterocycles. The van der Waals surface area contributed by atoms with Crippen molar-refractivity contribution in [1.29, 1.82) is 0 Å². The van der Waals surface area contributed by atoms with E-state index in [2.05, 4.69) is 15.3 Å². The summed E-state index contributed by atoms with van der Waals surface area (Å²) in [4.78, 5) is 23.0. The molecule has 4 rings (SSSR count). The van der Waals surface area contributed by atoms with Crippen LogP contribution in [0.15, 0.2) is 42.7 Å². The Balaban J connectivity index is 1.37. The molecule has 0 unspecified atom stereocenters. The number of nitrogens with one attached hydrogen (secondary N) is 1. The first kappa shape index (κ1) is 21.7. The van der Waals surface area contributed by atoms with E-state index in [1.54, 1.807) is 45.9 Å². The highest BCUT2D eigenvalue weighted by atomic mass is 32.2. The van der Waals surface area contributed by atoms with Crippen molar-refractivity contribution in [3.63, 3.8) is 0 Å². The molecule has 9 nitrogen and oxygen atoms in total. The molecule has 166 valence electrons. The second kappa shape index (κ2) is 9.71. The van der Waals surface area contributed by atoms with Crippen LogP contribution < -0.4 is 5.32 Å². The quantitative estimate of drug-likeness (QED) is 0.758. The Bertz CT molecular complexity index is 985. The minimum Gasteiger partial charge on any atom is -0.336 e. The molecule has 0 saturated carbocycles. The fraction of sp³-hybridized carbons (Fsp3) is 0.476. The number of hydrogen-bond acceptors (Lipinski definition) is 6. The number of piperazine rings is 1. The Morgan fingerprint density at radius 2 is 1.48 bits per heavy atom. The highest BCUT2D eigenvalue weighted by Gasteiger charge is 2.33. The molecule has 0 atom stereocenters. The summed E-state index contributed by atoms with van der Waals surface area (Å²) in [5, 5.41) is 3.08. The van der Waals surface area contributed by atoms with E-state index in [0.29, 0.717) is 50.8 Å². The van der Waals surface area contributed by atoms with Crippen LogP contribution in [0, 0.1) is 0 Å². The Morgan fingerprint density at radius 3 is 2.16 bits per heavy atom. The summed E-state index contributed by atoms with van der Waals surface area (Å²) < 4.78 is 29.1. The lowest BCUT2D eigenvalue weighted by atomic mass is 10.1. The van der Waals surface area contributed by atoms with E-state index in [-0.39, 0.29) is 5.91 Å². The normalized spacial score (nSPS) is 19.0. The van der Waals surface area contributed by atoms with E-state index in [4.69, 9.17) is 0 Å². The van der Waals surface area contributed by atoms with Gasteiger partial charge in [0.1, 0.15) is 0 Å². The van der Waals surface area contributed by atoms with Crippen LogP contribution in [0.4, 0.5) is 11.6 Å². The first-order chi connectivity index (χ1) is 15.0. The number of benzene rings is 1. The van der Waals surface area contributed by atoms with E-state index in [0.717, 1.165) is 31.4 Å². The summed E-state index contributed by atoms with van der Waals surface area (Å²) in [6.45, 7) is 2.58. The lowest BCUT2D eigenvalue weighted by Gasteiger charge is -2.36. The minimum atomic E-state index is -3.46. The Labute approximate surface area is 183 Å². The smallest absolute Gasteiger partial charge is 0.282 e. The molecular formula is C21H28N6O3S. The van der Waals surface area contributed by atoms with E-state index in [9.17, 15) is 13.2 Å². The molecular weight excluding hydrogens is 416 g/mol. The van der Waals surface area contributed by atoms with Crippen LogP contribution in [0.1, 0.15) is 36.0 Å². The average molecular weight is 445 g/mol. The van der Waals surface area contributed by atoms with E-state index < -0.39 is 10.2 Å². The average Bonchev–Trinajstić information content (AvgIpc) is 3.10. The van der Waals surface area contributed by atoms with Gasteiger partial charge in [0.05, 0.1) is 0 Å². The number of carbonyl (C=O) groups excluding carboxylic acids is 1. The maximum absolute atomic E-state index is 13.0. The van der Waals surface area contributed by atoms with Crippen molar-refractivity contribution in [3.05, 3.63) is 48.3 Å². The Kier molecular flexibility index (Phi) is 6.79. The van der Waals surface area contributed by atoms with Crippen LogP contribution in [0.3, 0.4) is 0 Å². The molecule has 0 aliphatic carbocycles. The summed E-state index contributed by atoms with van der Waals surface area (Å²) in [6.07, 6.45) is 7.27. The molecule has 1 amide bonds. The first-order valence-electron chi connectivity index (χ1n) is 10.7. The van der Waals surface area contributed by atoms with Crippen LogP contribution in [-0.4, -0.2) is 77.1 Å². The van der Waals surface area contributed by atoms with E-state index >= 15 is 0 Å². The van der Waals surface area contributed by atoms with Crippen molar-refractivity contribution >= 4 is 27.8 Å².